The van der Waals surface area contributed by atoms with E-state index in [-0.39, 0.29) is 12.0 Å². The summed E-state index contributed by atoms with van der Waals surface area (Å²) in [5.74, 6) is 0.566. The smallest absolute Gasteiger partial charge is 0.0726 e. The Labute approximate surface area is 340 Å². The van der Waals surface area contributed by atoms with Crippen LogP contribution in [0.2, 0.25) is 0 Å². The molecule has 0 saturated carbocycles. The summed E-state index contributed by atoms with van der Waals surface area (Å²) in [6, 6.07) is 66.6. The van der Waals surface area contributed by atoms with Crippen LogP contribution in [0.25, 0.3) is 83.3 Å². The highest BCUT2D eigenvalue weighted by Gasteiger charge is 2.26. The van der Waals surface area contributed by atoms with Crippen LogP contribution >= 0.6 is 0 Å². The second kappa shape index (κ2) is 15.2. The Bertz CT molecular complexity index is 3040. The fourth-order valence-electron chi connectivity index (χ4n) is 9.18. The van der Waals surface area contributed by atoms with Gasteiger partial charge in [-0.05, 0) is 113 Å². The van der Waals surface area contributed by atoms with Gasteiger partial charge in [-0.2, -0.15) is 0 Å². The first-order chi connectivity index (χ1) is 28.6. The van der Waals surface area contributed by atoms with Gasteiger partial charge in [0.25, 0.3) is 0 Å². The molecule has 1 aliphatic heterocycles. The molecule has 9 aromatic rings. The van der Waals surface area contributed by atoms with Crippen molar-refractivity contribution < 1.29 is 0 Å². The van der Waals surface area contributed by atoms with Crippen LogP contribution in [0.1, 0.15) is 31.7 Å². The highest BCUT2D eigenvalue weighted by atomic mass is 14.8. The highest BCUT2D eigenvalue weighted by molar-refractivity contribution is 6.07. The molecule has 10 rings (SSSR count). The minimum absolute atomic E-state index is 0.0900. The topological polar surface area (TPSA) is 25.2 Å². The molecule has 0 fully saturated rings. The van der Waals surface area contributed by atoms with Crippen LogP contribution in [0, 0.1) is 5.92 Å². The van der Waals surface area contributed by atoms with Crippen LogP contribution in [0.4, 0.5) is 0 Å². The number of aromatic nitrogens is 1. The maximum atomic E-state index is 5.85. The number of nitrogens with zero attached hydrogens (tertiary/aromatic N) is 2. The number of rotatable bonds is 7. The Morgan fingerprint density at radius 3 is 1.55 bits per heavy atom. The highest BCUT2D eigenvalue weighted by Crippen LogP contribution is 2.39. The zero-order valence-corrected chi connectivity index (χ0v) is 32.9. The van der Waals surface area contributed by atoms with Crippen LogP contribution < -0.4 is 10.6 Å². The quantitative estimate of drug-likeness (QED) is 0.160. The summed E-state index contributed by atoms with van der Waals surface area (Å²) in [7, 11) is 0. The Morgan fingerprint density at radius 2 is 0.983 bits per heavy atom. The van der Waals surface area contributed by atoms with Crippen LogP contribution in [-0.4, -0.2) is 11.0 Å². The largest absolute Gasteiger partial charge is 0.280 e. The molecule has 1 aromatic heterocycles. The van der Waals surface area contributed by atoms with Gasteiger partial charge in [0.2, 0.25) is 0 Å². The molecule has 0 aliphatic carbocycles. The average Bonchev–Trinajstić information content (AvgIpc) is 3.47. The molecule has 2 heterocycles. The van der Waals surface area contributed by atoms with Crippen molar-refractivity contribution in [1.29, 1.82) is 0 Å². The minimum atomic E-state index is 0.0900. The van der Waals surface area contributed by atoms with Crippen molar-refractivity contribution >= 4 is 27.6 Å². The van der Waals surface area contributed by atoms with Gasteiger partial charge in [-0.1, -0.05) is 184 Å². The van der Waals surface area contributed by atoms with Gasteiger partial charge in [0.1, 0.15) is 0 Å². The average molecular weight is 745 g/mol. The molecule has 2 heteroatoms. The van der Waals surface area contributed by atoms with Crippen LogP contribution in [-0.2, 0) is 0 Å². The molecule has 0 amide bonds. The maximum absolute atomic E-state index is 5.85. The van der Waals surface area contributed by atoms with Crippen molar-refractivity contribution in [3.8, 4) is 55.6 Å². The van der Waals surface area contributed by atoms with Gasteiger partial charge < -0.3 is 0 Å². The van der Waals surface area contributed by atoms with Gasteiger partial charge in [-0.25, -0.2) is 0 Å². The minimum Gasteiger partial charge on any atom is -0.280 e. The number of hydrogen-bond donors (Lipinski definition) is 0. The fourth-order valence-corrected chi connectivity index (χ4v) is 9.18. The standard InChI is InChI=1S/C56H44N2/c1-37-23-24-43-34-45(48-30-29-46(41-14-5-3-6-15-41)49-19-9-10-21-51(48)49)35-54(53-32-31-47(42-16-7-4-8-17-42)50-20-11-12-22-52(50)53)56(43)58-55(37)38(2)39-25-27-40(28-26-39)44-18-13-33-57-36-44/h3-22,24-38,55H,23H2,1-2H3. The van der Waals surface area contributed by atoms with E-state index >= 15 is 0 Å². The van der Waals surface area contributed by atoms with Crippen molar-refractivity contribution in [3.05, 3.63) is 211 Å². The number of pyridine rings is 1. The second-order valence-corrected chi connectivity index (χ2v) is 15.8. The molecule has 0 radical (unpaired) electrons. The first-order valence-corrected chi connectivity index (χ1v) is 20.5. The van der Waals surface area contributed by atoms with E-state index < -0.39 is 0 Å². The van der Waals surface area contributed by atoms with Crippen molar-refractivity contribution in [2.75, 3.05) is 0 Å². The maximum Gasteiger partial charge on any atom is 0.0726 e. The lowest BCUT2D eigenvalue weighted by Gasteiger charge is -2.26. The lowest BCUT2D eigenvalue weighted by molar-refractivity contribution is 0.413. The number of benzene rings is 8. The summed E-state index contributed by atoms with van der Waals surface area (Å²) >= 11 is 0. The zero-order valence-electron chi connectivity index (χ0n) is 32.9. The Morgan fingerprint density at radius 1 is 0.466 bits per heavy atom. The van der Waals surface area contributed by atoms with Crippen molar-refractivity contribution in [3.63, 3.8) is 0 Å². The molecule has 0 bridgehead atoms. The summed E-state index contributed by atoms with van der Waals surface area (Å²) < 4.78 is 0. The van der Waals surface area contributed by atoms with E-state index in [1.165, 1.54) is 82.4 Å². The molecular formula is C56H44N2. The summed E-state index contributed by atoms with van der Waals surface area (Å²) in [6.07, 6.45) is 7.16. The van der Waals surface area contributed by atoms with Crippen LogP contribution in [0.15, 0.2) is 199 Å². The fraction of sp³-hybridized carbons (Fsp3) is 0.107. The molecule has 278 valence electrons. The number of hydrogen-bond acceptors (Lipinski definition) is 2. The summed E-state index contributed by atoms with van der Waals surface area (Å²) in [4.78, 5) is 10.2. The first-order valence-electron chi connectivity index (χ1n) is 20.5. The van der Waals surface area contributed by atoms with Gasteiger partial charge in [0, 0.05) is 23.9 Å². The zero-order chi connectivity index (χ0) is 39.0. The Kier molecular flexibility index (Phi) is 9.31. The van der Waals surface area contributed by atoms with E-state index in [0.29, 0.717) is 5.92 Å². The summed E-state index contributed by atoms with van der Waals surface area (Å²) in [5, 5.41) is 7.27. The summed E-state index contributed by atoms with van der Waals surface area (Å²) in [5.41, 5.74) is 13.4. The molecular weight excluding hydrogens is 701 g/mol. The SMILES string of the molecule is CC1CC=c2cc(-c3ccc(-c4ccccc4)c4ccccc34)cc(-c3ccc(-c4ccccc4)c4ccccc34)c2=NC1C(C)c1ccc(-c2cccnc2)cc1. The molecule has 58 heavy (non-hydrogen) atoms. The van der Waals surface area contributed by atoms with Crippen molar-refractivity contribution in [2.45, 2.75) is 32.2 Å². The molecule has 3 atom stereocenters. The van der Waals surface area contributed by atoms with E-state index in [0.717, 1.165) is 17.3 Å². The van der Waals surface area contributed by atoms with Gasteiger partial charge in [0.15, 0.2) is 0 Å². The van der Waals surface area contributed by atoms with Gasteiger partial charge in [0.05, 0.1) is 11.4 Å². The Balaban J connectivity index is 1.19. The second-order valence-electron chi connectivity index (χ2n) is 15.8. The number of fused-ring (bicyclic) bond motifs is 3. The molecule has 2 nitrogen and oxygen atoms in total. The predicted octanol–water partition coefficient (Wildman–Crippen LogP) is 13.3. The third-order valence-electron chi connectivity index (χ3n) is 12.3. The van der Waals surface area contributed by atoms with Crippen LogP contribution in [0.3, 0.4) is 0 Å². The van der Waals surface area contributed by atoms with E-state index in [9.17, 15) is 0 Å². The first kappa shape index (κ1) is 35.5. The molecule has 0 N–H and O–H groups in total. The van der Waals surface area contributed by atoms with Gasteiger partial charge in [-0.15, -0.1) is 0 Å². The predicted molar refractivity (Wildman–Crippen MR) is 244 cm³/mol. The third-order valence-corrected chi connectivity index (χ3v) is 12.3. The molecule has 0 saturated heterocycles. The lowest BCUT2D eigenvalue weighted by Crippen LogP contribution is -2.30. The Hall–Kier alpha value is -6.90. The summed E-state index contributed by atoms with van der Waals surface area (Å²) in [6.45, 7) is 4.73. The van der Waals surface area contributed by atoms with Crippen molar-refractivity contribution in [1.82, 2.24) is 4.98 Å². The van der Waals surface area contributed by atoms with E-state index in [4.69, 9.17) is 4.99 Å². The molecule has 1 aliphatic rings. The van der Waals surface area contributed by atoms with E-state index in [1.807, 2.05) is 18.5 Å². The van der Waals surface area contributed by atoms with Gasteiger partial charge in [-0.3, -0.25) is 9.98 Å². The van der Waals surface area contributed by atoms with Crippen LogP contribution in [0.5, 0.6) is 0 Å². The van der Waals surface area contributed by atoms with E-state index in [1.54, 1.807) is 0 Å². The third kappa shape index (κ3) is 6.51. The normalized spacial score (nSPS) is 15.6. The van der Waals surface area contributed by atoms with Crippen molar-refractivity contribution in [2.24, 2.45) is 10.9 Å². The van der Waals surface area contributed by atoms with Gasteiger partial charge >= 0.3 is 0 Å². The molecule has 3 unspecified atom stereocenters. The van der Waals surface area contributed by atoms with E-state index in [2.05, 4.69) is 201 Å². The molecule has 0 spiro atoms. The molecule has 8 aromatic carbocycles. The monoisotopic (exact) mass is 744 g/mol. The lowest BCUT2D eigenvalue weighted by atomic mass is 9.84.